The third kappa shape index (κ3) is 4.48. The Balaban J connectivity index is 1.34. The molecule has 1 aliphatic rings. The fourth-order valence-electron chi connectivity index (χ4n) is 4.10. The van der Waals surface area contributed by atoms with Gasteiger partial charge in [-0.1, -0.05) is 5.16 Å². The molecule has 0 radical (unpaired) electrons. The van der Waals surface area contributed by atoms with Crippen molar-refractivity contribution in [1.29, 1.82) is 0 Å². The molecule has 38 heavy (non-hydrogen) atoms. The number of aromatic nitrogens is 3. The zero-order chi connectivity index (χ0) is 27.2. The van der Waals surface area contributed by atoms with Crippen molar-refractivity contribution in [3.05, 3.63) is 59.5 Å². The number of ether oxygens (including phenoxy) is 2. The van der Waals surface area contributed by atoms with Crippen LogP contribution in [0.5, 0.6) is 11.5 Å². The van der Waals surface area contributed by atoms with Crippen molar-refractivity contribution in [1.82, 2.24) is 15.1 Å². The van der Waals surface area contributed by atoms with E-state index in [0.29, 0.717) is 22.5 Å². The number of nitrogens with zero attached hydrogens (tertiary/aromatic N) is 3. The molecule has 8 nitrogen and oxygen atoms in total. The Morgan fingerprint density at radius 3 is 2.24 bits per heavy atom. The summed E-state index contributed by atoms with van der Waals surface area (Å²) in [5.74, 6) is -2.78. The highest BCUT2D eigenvalue weighted by Gasteiger charge is 2.66. The highest BCUT2D eigenvalue weighted by molar-refractivity contribution is 5.91. The summed E-state index contributed by atoms with van der Waals surface area (Å²) < 4.78 is 84.7. The number of nitrogens with one attached hydrogen (secondary N) is 1. The lowest BCUT2D eigenvalue weighted by atomic mass is 10.0. The first-order valence-corrected chi connectivity index (χ1v) is 11.3. The molecule has 2 heterocycles. The van der Waals surface area contributed by atoms with Crippen LogP contribution in [0.3, 0.4) is 0 Å². The molecular formula is C25H19F5N4O4. The molecule has 0 aliphatic heterocycles. The molecule has 13 heteroatoms. The highest BCUT2D eigenvalue weighted by atomic mass is 19.4. The smallest absolute Gasteiger partial charge is 0.401 e. The Hall–Kier alpha value is -4.29. The Labute approximate surface area is 211 Å². The SMILES string of the molecule is COc1cc2ncc(-c3cc(F)c(CC(=O)Nc4cc(C5(C(F)(F)F)CC5)on4)c(F)c3)nc2cc1OC. The van der Waals surface area contributed by atoms with Gasteiger partial charge < -0.3 is 19.3 Å². The number of hydrogen-bond acceptors (Lipinski definition) is 7. The van der Waals surface area contributed by atoms with E-state index in [1.54, 1.807) is 12.1 Å². The van der Waals surface area contributed by atoms with Gasteiger partial charge in [-0.2, -0.15) is 13.2 Å². The van der Waals surface area contributed by atoms with Crippen LogP contribution in [-0.4, -0.2) is 41.4 Å². The predicted octanol–water partition coefficient (Wildman–Crippen LogP) is 5.36. The summed E-state index contributed by atoms with van der Waals surface area (Å²) in [5, 5.41) is 5.65. The van der Waals surface area contributed by atoms with Crippen LogP contribution in [0.1, 0.15) is 24.2 Å². The van der Waals surface area contributed by atoms with Crippen molar-refractivity contribution in [2.75, 3.05) is 19.5 Å². The van der Waals surface area contributed by atoms with Crippen LogP contribution >= 0.6 is 0 Å². The molecule has 4 aromatic rings. The van der Waals surface area contributed by atoms with Gasteiger partial charge in [-0.15, -0.1) is 0 Å². The summed E-state index contributed by atoms with van der Waals surface area (Å²) >= 11 is 0. The number of anilines is 1. The Morgan fingerprint density at radius 2 is 1.66 bits per heavy atom. The molecule has 1 saturated carbocycles. The number of halogens is 5. The number of carbonyl (C=O) groups is 1. The minimum absolute atomic E-state index is 0.0800. The van der Waals surface area contributed by atoms with E-state index in [4.69, 9.17) is 14.0 Å². The lowest BCUT2D eigenvalue weighted by Gasteiger charge is -2.14. The van der Waals surface area contributed by atoms with Crippen molar-refractivity contribution in [3.63, 3.8) is 0 Å². The van der Waals surface area contributed by atoms with Gasteiger partial charge >= 0.3 is 6.18 Å². The van der Waals surface area contributed by atoms with Crippen molar-refractivity contribution in [2.24, 2.45) is 0 Å². The van der Waals surface area contributed by atoms with E-state index in [-0.39, 0.29) is 29.9 Å². The van der Waals surface area contributed by atoms with Crippen LogP contribution in [0, 0.1) is 11.6 Å². The third-order valence-corrected chi connectivity index (χ3v) is 6.36. The van der Waals surface area contributed by atoms with E-state index in [2.05, 4.69) is 20.4 Å². The number of methoxy groups -OCH3 is 2. The number of fused-ring (bicyclic) bond motifs is 1. The zero-order valence-electron chi connectivity index (χ0n) is 19.9. The van der Waals surface area contributed by atoms with Crippen molar-refractivity contribution in [2.45, 2.75) is 30.9 Å². The van der Waals surface area contributed by atoms with Gasteiger partial charge in [0, 0.05) is 29.3 Å². The second-order valence-corrected chi connectivity index (χ2v) is 8.75. The summed E-state index contributed by atoms with van der Waals surface area (Å²) in [7, 11) is 2.92. The van der Waals surface area contributed by atoms with Crippen LogP contribution in [0.4, 0.5) is 27.8 Å². The van der Waals surface area contributed by atoms with Gasteiger partial charge in [-0.25, -0.2) is 13.8 Å². The highest BCUT2D eigenvalue weighted by Crippen LogP contribution is 2.59. The quantitative estimate of drug-likeness (QED) is 0.319. The maximum Gasteiger partial charge on any atom is 0.401 e. The van der Waals surface area contributed by atoms with Gasteiger partial charge in [0.2, 0.25) is 5.91 Å². The molecule has 2 aromatic carbocycles. The molecule has 1 N–H and O–H groups in total. The summed E-state index contributed by atoms with van der Waals surface area (Å²) in [4.78, 5) is 21.0. The zero-order valence-corrected chi connectivity index (χ0v) is 19.9. The molecule has 2 aromatic heterocycles. The standard InChI is InChI=1S/C25H19F5N4O4/c1-36-19-8-16-17(9-20(19)37-2)32-18(11-31-16)12-5-14(26)13(15(27)6-12)7-23(35)33-22-10-21(38-34-22)24(3-4-24)25(28,29)30/h5-6,8-11H,3-4,7H2,1-2H3,(H,33,34,35). The Kier molecular flexibility index (Phi) is 6.16. The van der Waals surface area contributed by atoms with Gasteiger partial charge in [0.1, 0.15) is 17.0 Å². The van der Waals surface area contributed by atoms with Crippen LogP contribution in [-0.2, 0) is 16.6 Å². The number of amides is 1. The number of hydrogen-bond donors (Lipinski definition) is 1. The fraction of sp³-hybridized carbons (Fsp3) is 0.280. The first-order chi connectivity index (χ1) is 18.0. The van der Waals surface area contributed by atoms with Crippen LogP contribution in [0.25, 0.3) is 22.3 Å². The van der Waals surface area contributed by atoms with E-state index < -0.39 is 46.9 Å². The average Bonchev–Trinajstić information content (AvgIpc) is 3.58. The van der Waals surface area contributed by atoms with Crippen LogP contribution < -0.4 is 14.8 Å². The minimum atomic E-state index is -4.52. The van der Waals surface area contributed by atoms with E-state index in [0.717, 1.165) is 18.2 Å². The van der Waals surface area contributed by atoms with Crippen molar-refractivity contribution >= 4 is 22.8 Å². The van der Waals surface area contributed by atoms with Crippen LogP contribution in [0.2, 0.25) is 0 Å². The largest absolute Gasteiger partial charge is 0.493 e. The summed E-state index contributed by atoms with van der Waals surface area (Å²) in [5.41, 5.74) is -1.53. The molecule has 0 bridgehead atoms. The molecule has 5 rings (SSSR count). The molecule has 1 amide bonds. The second kappa shape index (κ2) is 9.23. The Morgan fingerprint density at radius 1 is 1.03 bits per heavy atom. The number of alkyl halides is 3. The minimum Gasteiger partial charge on any atom is -0.493 e. The molecule has 0 spiro atoms. The number of benzene rings is 2. The normalized spacial score (nSPS) is 14.4. The van der Waals surface area contributed by atoms with Gasteiger partial charge in [-0.3, -0.25) is 9.78 Å². The van der Waals surface area contributed by atoms with E-state index >= 15 is 0 Å². The molecule has 0 atom stereocenters. The van der Waals surface area contributed by atoms with Gasteiger partial charge in [0.15, 0.2) is 23.1 Å². The molecule has 0 unspecified atom stereocenters. The summed E-state index contributed by atoms with van der Waals surface area (Å²) in [6.45, 7) is 0. The van der Waals surface area contributed by atoms with Crippen molar-refractivity contribution in [3.8, 4) is 22.8 Å². The van der Waals surface area contributed by atoms with Crippen LogP contribution in [0.15, 0.2) is 41.1 Å². The lowest BCUT2D eigenvalue weighted by molar-refractivity contribution is -0.165. The molecule has 198 valence electrons. The fourth-order valence-corrected chi connectivity index (χ4v) is 4.10. The van der Waals surface area contributed by atoms with Gasteiger partial charge in [0.25, 0.3) is 0 Å². The number of carbonyl (C=O) groups excluding carboxylic acids is 1. The van der Waals surface area contributed by atoms with Gasteiger partial charge in [0.05, 0.1) is 43.6 Å². The third-order valence-electron chi connectivity index (χ3n) is 6.36. The molecule has 1 aliphatic carbocycles. The number of rotatable bonds is 7. The topological polar surface area (TPSA) is 99.4 Å². The van der Waals surface area contributed by atoms with Crippen molar-refractivity contribution < 1.29 is 40.7 Å². The van der Waals surface area contributed by atoms with E-state index in [1.807, 2.05) is 0 Å². The maximum absolute atomic E-state index is 14.9. The Bertz CT molecular complexity index is 1530. The predicted molar refractivity (Wildman–Crippen MR) is 124 cm³/mol. The molecule has 1 fully saturated rings. The first-order valence-electron chi connectivity index (χ1n) is 11.3. The van der Waals surface area contributed by atoms with Gasteiger partial charge in [-0.05, 0) is 25.0 Å². The maximum atomic E-state index is 14.9. The summed E-state index contributed by atoms with van der Waals surface area (Å²) in [6.07, 6.45) is -4.21. The second-order valence-electron chi connectivity index (χ2n) is 8.75. The summed E-state index contributed by atoms with van der Waals surface area (Å²) in [6, 6.07) is 6.18. The first kappa shape index (κ1) is 25.4. The monoisotopic (exact) mass is 534 g/mol. The van der Waals surface area contributed by atoms with E-state index in [1.165, 1.54) is 20.4 Å². The molecular weight excluding hydrogens is 515 g/mol. The molecule has 0 saturated heterocycles. The average molecular weight is 534 g/mol. The lowest BCUT2D eigenvalue weighted by Crippen LogP contribution is -2.28. The van der Waals surface area contributed by atoms with E-state index in [9.17, 15) is 26.7 Å².